The van der Waals surface area contributed by atoms with Crippen LogP contribution in [0.2, 0.25) is 0 Å². The lowest BCUT2D eigenvalue weighted by Gasteiger charge is -2.11. The van der Waals surface area contributed by atoms with E-state index in [1.165, 1.54) is 6.92 Å². The van der Waals surface area contributed by atoms with Crippen molar-refractivity contribution in [2.75, 3.05) is 6.67 Å². The summed E-state index contributed by atoms with van der Waals surface area (Å²) >= 11 is 0. The molecule has 0 saturated carbocycles. The van der Waals surface area contributed by atoms with Gasteiger partial charge in [0.25, 0.3) is 0 Å². The molecule has 1 aromatic carbocycles. The largest absolute Gasteiger partial charge is 0.427 e. The van der Waals surface area contributed by atoms with E-state index in [1.807, 2.05) is 13.0 Å². The molecular weight excluding hydrogens is 207 g/mol. The Balaban J connectivity index is 3.05. The number of rotatable bonds is 4. The van der Waals surface area contributed by atoms with Crippen LogP contribution >= 0.6 is 0 Å². The third-order valence-electron chi connectivity index (χ3n) is 2.32. The maximum atomic E-state index is 12.5. The second-order valence-electron chi connectivity index (χ2n) is 3.71. The summed E-state index contributed by atoms with van der Waals surface area (Å²) in [5.74, 6) is -0.329. The molecule has 0 bridgehead atoms. The molecule has 1 aromatic rings. The molecule has 0 amide bonds. The third-order valence-corrected chi connectivity index (χ3v) is 2.32. The molecule has 1 radical (unpaired) electrons. The van der Waals surface area contributed by atoms with E-state index in [0.29, 0.717) is 5.75 Å². The van der Waals surface area contributed by atoms with Crippen molar-refractivity contribution in [1.29, 1.82) is 0 Å². The Morgan fingerprint density at radius 1 is 1.50 bits per heavy atom. The van der Waals surface area contributed by atoms with Crippen molar-refractivity contribution in [1.82, 2.24) is 0 Å². The van der Waals surface area contributed by atoms with E-state index in [-0.39, 0.29) is 5.97 Å². The first-order chi connectivity index (χ1) is 7.56. The number of ether oxygens (including phenoxy) is 1. The summed E-state index contributed by atoms with van der Waals surface area (Å²) in [5.41, 5.74) is 1.77. The topological polar surface area (TPSA) is 26.3 Å². The van der Waals surface area contributed by atoms with Gasteiger partial charge in [-0.3, -0.25) is 9.18 Å². The molecule has 87 valence electrons. The Morgan fingerprint density at radius 2 is 2.19 bits per heavy atom. The van der Waals surface area contributed by atoms with Crippen LogP contribution in [0.15, 0.2) is 18.2 Å². The van der Waals surface area contributed by atoms with Gasteiger partial charge in [0.05, 0.1) is 6.67 Å². The summed E-state index contributed by atoms with van der Waals surface area (Å²) in [5, 5.41) is 0. The Labute approximate surface area is 95.4 Å². The standard InChI is InChI=1S/C13H16FO2/c1-4-11-5-12(9(2)8-14)7-13(6-11)16-10(3)15/h5-7,9H,2,4,8H2,1,3H3. The van der Waals surface area contributed by atoms with Crippen molar-refractivity contribution in [3.63, 3.8) is 0 Å². The van der Waals surface area contributed by atoms with Gasteiger partial charge in [0.2, 0.25) is 0 Å². The highest BCUT2D eigenvalue weighted by molar-refractivity contribution is 5.69. The molecule has 0 saturated heterocycles. The van der Waals surface area contributed by atoms with Gasteiger partial charge in [0, 0.05) is 12.8 Å². The molecule has 1 atom stereocenters. The van der Waals surface area contributed by atoms with Gasteiger partial charge in [-0.25, -0.2) is 0 Å². The zero-order chi connectivity index (χ0) is 12.1. The molecule has 0 aromatic heterocycles. The molecule has 0 heterocycles. The number of esters is 1. The van der Waals surface area contributed by atoms with E-state index in [1.54, 1.807) is 12.1 Å². The molecule has 1 rings (SSSR count). The minimum atomic E-state index is -0.521. The van der Waals surface area contributed by atoms with Gasteiger partial charge < -0.3 is 4.74 Å². The summed E-state index contributed by atoms with van der Waals surface area (Å²) in [6.07, 6.45) is 0.807. The monoisotopic (exact) mass is 223 g/mol. The van der Waals surface area contributed by atoms with E-state index >= 15 is 0 Å². The van der Waals surface area contributed by atoms with Crippen molar-refractivity contribution in [3.8, 4) is 5.75 Å². The molecule has 0 fully saturated rings. The molecule has 0 aliphatic carbocycles. The fraction of sp³-hybridized carbons (Fsp3) is 0.385. The number of aryl methyl sites for hydroxylation is 1. The summed E-state index contributed by atoms with van der Waals surface area (Å²) in [6, 6.07) is 5.35. The number of alkyl halides is 1. The van der Waals surface area contributed by atoms with Crippen molar-refractivity contribution >= 4 is 5.97 Å². The number of hydrogen-bond donors (Lipinski definition) is 0. The van der Waals surface area contributed by atoms with Crippen molar-refractivity contribution in [2.45, 2.75) is 26.2 Å². The Morgan fingerprint density at radius 3 is 2.69 bits per heavy atom. The molecular formula is C13H16FO2. The fourth-order valence-electron chi connectivity index (χ4n) is 1.44. The highest BCUT2D eigenvalue weighted by Crippen LogP contribution is 2.24. The van der Waals surface area contributed by atoms with Gasteiger partial charge in [-0.1, -0.05) is 13.0 Å². The predicted molar refractivity (Wildman–Crippen MR) is 61.2 cm³/mol. The minimum absolute atomic E-state index is 0.375. The van der Waals surface area contributed by atoms with Gasteiger partial charge in [-0.2, -0.15) is 0 Å². The van der Waals surface area contributed by atoms with E-state index in [4.69, 9.17) is 4.74 Å². The van der Waals surface area contributed by atoms with Crippen molar-refractivity contribution in [3.05, 3.63) is 36.2 Å². The summed E-state index contributed by atoms with van der Waals surface area (Å²) in [7, 11) is 0. The van der Waals surface area contributed by atoms with Crippen LogP contribution in [0.3, 0.4) is 0 Å². The molecule has 0 aliphatic rings. The lowest BCUT2D eigenvalue weighted by molar-refractivity contribution is -0.131. The lowest BCUT2D eigenvalue weighted by atomic mass is 9.99. The van der Waals surface area contributed by atoms with Crippen LogP contribution in [-0.4, -0.2) is 12.6 Å². The van der Waals surface area contributed by atoms with Crippen LogP contribution in [-0.2, 0) is 11.2 Å². The van der Waals surface area contributed by atoms with E-state index < -0.39 is 12.6 Å². The molecule has 2 nitrogen and oxygen atoms in total. The van der Waals surface area contributed by atoms with Crippen LogP contribution in [0.1, 0.15) is 30.9 Å². The maximum Gasteiger partial charge on any atom is 0.308 e. The molecule has 16 heavy (non-hydrogen) atoms. The SMILES string of the molecule is [CH2]C(CF)c1cc(CC)cc(OC(C)=O)c1. The quantitative estimate of drug-likeness (QED) is 0.579. The first-order valence-electron chi connectivity index (χ1n) is 5.28. The number of carbonyl (C=O) groups is 1. The zero-order valence-corrected chi connectivity index (χ0v) is 9.63. The molecule has 1 unspecified atom stereocenters. The van der Waals surface area contributed by atoms with Crippen LogP contribution in [0.5, 0.6) is 5.75 Å². The van der Waals surface area contributed by atoms with Crippen LogP contribution < -0.4 is 4.74 Å². The first kappa shape index (κ1) is 12.7. The first-order valence-corrected chi connectivity index (χ1v) is 5.28. The Kier molecular flexibility index (Phi) is 4.47. The second-order valence-corrected chi connectivity index (χ2v) is 3.71. The summed E-state index contributed by atoms with van der Waals surface area (Å²) < 4.78 is 17.5. The van der Waals surface area contributed by atoms with Crippen molar-refractivity contribution in [2.24, 2.45) is 0 Å². The number of halogens is 1. The summed E-state index contributed by atoms with van der Waals surface area (Å²) in [4.78, 5) is 10.9. The van der Waals surface area contributed by atoms with E-state index in [0.717, 1.165) is 17.5 Å². The minimum Gasteiger partial charge on any atom is -0.427 e. The van der Waals surface area contributed by atoms with Gasteiger partial charge >= 0.3 is 5.97 Å². The average Bonchev–Trinajstić information content (AvgIpc) is 2.26. The number of carbonyl (C=O) groups excluding carboxylic acids is 1. The highest BCUT2D eigenvalue weighted by atomic mass is 19.1. The zero-order valence-electron chi connectivity index (χ0n) is 9.63. The molecule has 0 aliphatic heterocycles. The third kappa shape index (κ3) is 3.33. The van der Waals surface area contributed by atoms with Crippen LogP contribution in [0.4, 0.5) is 4.39 Å². The highest BCUT2D eigenvalue weighted by Gasteiger charge is 2.09. The Hall–Kier alpha value is -1.38. The van der Waals surface area contributed by atoms with Gasteiger partial charge in [-0.15, -0.1) is 0 Å². The second kappa shape index (κ2) is 5.64. The Bertz CT molecular complexity index is 374. The van der Waals surface area contributed by atoms with Gasteiger partial charge in [0.1, 0.15) is 5.75 Å². The summed E-state index contributed by atoms with van der Waals surface area (Å²) in [6.45, 7) is 6.52. The molecule has 0 N–H and O–H groups in total. The maximum absolute atomic E-state index is 12.5. The molecule has 3 heteroatoms. The van der Waals surface area contributed by atoms with E-state index in [9.17, 15) is 9.18 Å². The smallest absolute Gasteiger partial charge is 0.308 e. The lowest BCUT2D eigenvalue weighted by Crippen LogP contribution is -2.04. The van der Waals surface area contributed by atoms with Crippen molar-refractivity contribution < 1.29 is 13.9 Å². The normalized spacial score (nSPS) is 12.2. The number of hydrogen-bond acceptors (Lipinski definition) is 2. The van der Waals surface area contributed by atoms with E-state index in [2.05, 4.69) is 6.92 Å². The fourth-order valence-corrected chi connectivity index (χ4v) is 1.44. The van der Waals surface area contributed by atoms with Gasteiger partial charge in [0.15, 0.2) is 0 Å². The van der Waals surface area contributed by atoms with Crippen LogP contribution in [0, 0.1) is 6.92 Å². The predicted octanol–water partition coefficient (Wildman–Crippen LogP) is 3.06. The molecule has 0 spiro atoms. The average molecular weight is 223 g/mol. The van der Waals surface area contributed by atoms with Crippen LogP contribution in [0.25, 0.3) is 0 Å². The van der Waals surface area contributed by atoms with Gasteiger partial charge in [-0.05, 0) is 36.6 Å². The number of benzene rings is 1.